The Morgan fingerprint density at radius 1 is 1.18 bits per heavy atom. The number of nitrogens with zero attached hydrogens (tertiary/aromatic N) is 1. The molecule has 28 heavy (non-hydrogen) atoms. The van der Waals surface area contributed by atoms with Crippen molar-refractivity contribution in [1.29, 1.82) is 0 Å². The van der Waals surface area contributed by atoms with E-state index in [1.807, 2.05) is 4.90 Å². The van der Waals surface area contributed by atoms with E-state index in [9.17, 15) is 13.2 Å². The summed E-state index contributed by atoms with van der Waals surface area (Å²) >= 11 is 0. The van der Waals surface area contributed by atoms with E-state index < -0.39 is 10.0 Å². The number of fused-ring (bicyclic) bond motifs is 1. The number of hydrogen-bond acceptors (Lipinski definition) is 4. The summed E-state index contributed by atoms with van der Waals surface area (Å²) in [7, 11) is -3.76. The molecule has 3 rings (SSSR count). The quantitative estimate of drug-likeness (QED) is 0.744. The van der Waals surface area contributed by atoms with E-state index in [0.29, 0.717) is 19.0 Å². The largest absolute Gasteiger partial charge is 0.362 e. The Kier molecular flexibility index (Phi) is 6.05. The van der Waals surface area contributed by atoms with Crippen molar-refractivity contribution in [3.8, 4) is 0 Å². The molecule has 2 aromatic carbocycles. The highest BCUT2D eigenvalue weighted by Crippen LogP contribution is 2.29. The lowest BCUT2D eigenvalue weighted by Gasteiger charge is -2.19. The molecule has 0 spiro atoms. The van der Waals surface area contributed by atoms with Gasteiger partial charge in [-0.15, -0.1) is 0 Å². The molecule has 0 radical (unpaired) electrons. The predicted molar refractivity (Wildman–Crippen MR) is 111 cm³/mol. The number of rotatable bonds is 7. The van der Waals surface area contributed by atoms with Gasteiger partial charge in [0.1, 0.15) is 0 Å². The molecule has 150 valence electrons. The molecule has 3 N–H and O–H groups in total. The fourth-order valence-electron chi connectivity index (χ4n) is 3.41. The standard InChI is InChI=1S/C21H27N3O3S/c1-15(2)17-5-3-16(4-6-17)9-11-23-21(25)14-24-12-10-18-7-8-19(13-20(18)24)28(22,26)27/h3-8,13,15H,9-12,14H2,1-2H3,(H,23,25)(H2,22,26,27). The first-order valence-corrected chi connectivity index (χ1v) is 11.0. The monoisotopic (exact) mass is 401 g/mol. The fraction of sp³-hybridized carbons (Fsp3) is 0.381. The summed E-state index contributed by atoms with van der Waals surface area (Å²) in [4.78, 5) is 14.3. The van der Waals surface area contributed by atoms with E-state index in [1.165, 1.54) is 17.2 Å². The first kappa shape index (κ1) is 20.4. The smallest absolute Gasteiger partial charge is 0.239 e. The number of carbonyl (C=O) groups is 1. The van der Waals surface area contributed by atoms with Gasteiger partial charge in [-0.3, -0.25) is 4.79 Å². The van der Waals surface area contributed by atoms with Gasteiger partial charge in [-0.1, -0.05) is 44.2 Å². The Bertz CT molecular complexity index is 953. The average Bonchev–Trinajstić information content (AvgIpc) is 3.03. The molecule has 1 aliphatic heterocycles. The average molecular weight is 402 g/mol. The Hall–Kier alpha value is -2.38. The molecule has 1 amide bonds. The molecule has 2 aromatic rings. The predicted octanol–water partition coefficient (Wildman–Crippen LogP) is 2.18. The maximum atomic E-state index is 12.3. The molecule has 0 bridgehead atoms. The zero-order chi connectivity index (χ0) is 20.3. The van der Waals surface area contributed by atoms with E-state index in [4.69, 9.17) is 5.14 Å². The van der Waals surface area contributed by atoms with Gasteiger partial charge in [0.2, 0.25) is 15.9 Å². The Balaban J connectivity index is 1.54. The number of nitrogens with two attached hydrogens (primary N) is 1. The van der Waals surface area contributed by atoms with Gasteiger partial charge >= 0.3 is 0 Å². The zero-order valence-electron chi connectivity index (χ0n) is 16.3. The first-order chi connectivity index (χ1) is 13.2. The molecule has 0 saturated heterocycles. The molecule has 0 saturated carbocycles. The third-order valence-electron chi connectivity index (χ3n) is 5.09. The number of amides is 1. The number of benzene rings is 2. The second-order valence-electron chi connectivity index (χ2n) is 7.50. The van der Waals surface area contributed by atoms with E-state index in [-0.39, 0.29) is 17.3 Å². The van der Waals surface area contributed by atoms with Crippen molar-refractivity contribution >= 4 is 21.6 Å². The normalized spacial score (nSPS) is 13.6. The number of carbonyl (C=O) groups excluding carboxylic acids is 1. The lowest BCUT2D eigenvalue weighted by Crippen LogP contribution is -2.37. The summed E-state index contributed by atoms with van der Waals surface area (Å²) < 4.78 is 23.2. The molecule has 7 heteroatoms. The number of nitrogens with one attached hydrogen (secondary N) is 1. The summed E-state index contributed by atoms with van der Waals surface area (Å²) in [6.45, 7) is 5.79. The van der Waals surface area contributed by atoms with Crippen LogP contribution in [0.4, 0.5) is 5.69 Å². The van der Waals surface area contributed by atoms with E-state index in [1.54, 1.807) is 12.1 Å². The van der Waals surface area contributed by atoms with E-state index in [2.05, 4.69) is 43.4 Å². The maximum Gasteiger partial charge on any atom is 0.239 e. The summed E-state index contributed by atoms with van der Waals surface area (Å²) in [6.07, 6.45) is 1.56. The topological polar surface area (TPSA) is 92.5 Å². The van der Waals surface area contributed by atoms with Crippen LogP contribution in [0.3, 0.4) is 0 Å². The summed E-state index contributed by atoms with van der Waals surface area (Å²) in [5.41, 5.74) is 4.30. The van der Waals surface area contributed by atoms with Gasteiger partial charge in [0.05, 0.1) is 11.4 Å². The van der Waals surface area contributed by atoms with Crippen LogP contribution in [0.2, 0.25) is 0 Å². The minimum absolute atomic E-state index is 0.0726. The minimum atomic E-state index is -3.76. The third kappa shape index (κ3) is 4.91. The lowest BCUT2D eigenvalue weighted by atomic mass is 10.0. The van der Waals surface area contributed by atoms with Crippen molar-refractivity contribution in [3.05, 3.63) is 59.2 Å². The molecule has 1 aliphatic rings. The van der Waals surface area contributed by atoms with Gasteiger partial charge in [0.15, 0.2) is 0 Å². The van der Waals surface area contributed by atoms with Crippen LogP contribution < -0.4 is 15.4 Å². The molecule has 0 aromatic heterocycles. The van der Waals surface area contributed by atoms with Crippen LogP contribution in [-0.2, 0) is 27.7 Å². The summed E-state index contributed by atoms with van der Waals surface area (Å²) in [5.74, 6) is 0.430. The Labute approximate surface area is 166 Å². The number of primary sulfonamides is 1. The van der Waals surface area contributed by atoms with Crippen molar-refractivity contribution in [2.45, 2.75) is 37.5 Å². The number of anilines is 1. The van der Waals surface area contributed by atoms with Crippen molar-refractivity contribution in [1.82, 2.24) is 5.32 Å². The fourth-order valence-corrected chi connectivity index (χ4v) is 3.94. The van der Waals surface area contributed by atoms with Gasteiger partial charge < -0.3 is 10.2 Å². The van der Waals surface area contributed by atoms with Crippen LogP contribution >= 0.6 is 0 Å². The van der Waals surface area contributed by atoms with E-state index in [0.717, 1.165) is 24.1 Å². The van der Waals surface area contributed by atoms with Crippen molar-refractivity contribution in [3.63, 3.8) is 0 Å². The van der Waals surface area contributed by atoms with Gasteiger partial charge in [0, 0.05) is 18.8 Å². The molecule has 0 unspecified atom stereocenters. The maximum absolute atomic E-state index is 12.3. The van der Waals surface area contributed by atoms with Crippen molar-refractivity contribution in [2.24, 2.45) is 5.14 Å². The Morgan fingerprint density at radius 3 is 2.54 bits per heavy atom. The second kappa shape index (κ2) is 8.32. The molecule has 0 fully saturated rings. The molecule has 0 aliphatic carbocycles. The SMILES string of the molecule is CC(C)c1ccc(CCNC(=O)CN2CCc3ccc(S(N)(=O)=O)cc32)cc1. The first-order valence-electron chi connectivity index (χ1n) is 9.50. The molecule has 6 nitrogen and oxygen atoms in total. The van der Waals surface area contributed by atoms with Gasteiger partial charge in [-0.25, -0.2) is 13.6 Å². The van der Waals surface area contributed by atoms with Crippen LogP contribution in [-0.4, -0.2) is 34.0 Å². The van der Waals surface area contributed by atoms with Crippen molar-refractivity contribution < 1.29 is 13.2 Å². The Morgan fingerprint density at radius 2 is 1.89 bits per heavy atom. The van der Waals surface area contributed by atoms with Crippen LogP contribution in [0.5, 0.6) is 0 Å². The second-order valence-corrected chi connectivity index (χ2v) is 9.06. The highest BCUT2D eigenvalue weighted by atomic mass is 32.2. The number of sulfonamides is 1. The molecular weight excluding hydrogens is 374 g/mol. The van der Waals surface area contributed by atoms with Gasteiger partial charge in [0.25, 0.3) is 0 Å². The zero-order valence-corrected chi connectivity index (χ0v) is 17.1. The highest BCUT2D eigenvalue weighted by Gasteiger charge is 2.23. The summed E-state index contributed by atoms with van der Waals surface area (Å²) in [6, 6.07) is 13.3. The van der Waals surface area contributed by atoms with Gasteiger partial charge in [-0.05, 0) is 47.6 Å². The highest BCUT2D eigenvalue weighted by molar-refractivity contribution is 7.89. The number of hydrogen-bond donors (Lipinski definition) is 2. The minimum Gasteiger partial charge on any atom is -0.362 e. The lowest BCUT2D eigenvalue weighted by molar-refractivity contribution is -0.119. The van der Waals surface area contributed by atoms with Gasteiger partial charge in [-0.2, -0.15) is 0 Å². The van der Waals surface area contributed by atoms with Crippen LogP contribution in [0.1, 0.15) is 36.5 Å². The third-order valence-corrected chi connectivity index (χ3v) is 6.00. The van der Waals surface area contributed by atoms with Crippen LogP contribution in [0.25, 0.3) is 0 Å². The van der Waals surface area contributed by atoms with Crippen LogP contribution in [0.15, 0.2) is 47.4 Å². The van der Waals surface area contributed by atoms with Crippen LogP contribution in [0, 0.1) is 0 Å². The summed E-state index contributed by atoms with van der Waals surface area (Å²) in [5, 5.41) is 8.17. The molecule has 0 atom stereocenters. The molecule has 1 heterocycles. The van der Waals surface area contributed by atoms with E-state index >= 15 is 0 Å². The molecular formula is C21H27N3O3S. The van der Waals surface area contributed by atoms with Crippen molar-refractivity contribution in [2.75, 3.05) is 24.5 Å².